The fraction of sp³-hybridized carbons (Fsp3) is 0.412. The molecule has 2 aromatic heterocycles. The number of nitrogens with zero attached hydrogens (tertiary/aromatic N) is 5. The number of rotatable bonds is 7. The summed E-state index contributed by atoms with van der Waals surface area (Å²) in [6.45, 7) is 3.03. The summed E-state index contributed by atoms with van der Waals surface area (Å²) in [6.07, 6.45) is 1.92. The third-order valence-corrected chi connectivity index (χ3v) is 5.61. The van der Waals surface area contributed by atoms with Gasteiger partial charge in [-0.25, -0.2) is 9.89 Å². The molecule has 2 unspecified atom stereocenters. The summed E-state index contributed by atoms with van der Waals surface area (Å²) >= 11 is 1.32. The van der Waals surface area contributed by atoms with Crippen molar-refractivity contribution in [2.24, 2.45) is 0 Å². The van der Waals surface area contributed by atoms with Crippen LogP contribution in [0.15, 0.2) is 38.6 Å². The van der Waals surface area contributed by atoms with E-state index < -0.39 is 4.92 Å². The quantitative estimate of drug-likeness (QED) is 0.348. The van der Waals surface area contributed by atoms with Crippen molar-refractivity contribution in [2.75, 3.05) is 6.61 Å². The summed E-state index contributed by atoms with van der Waals surface area (Å²) in [5.74, 6) is 0.628. The van der Waals surface area contributed by atoms with E-state index in [1.807, 2.05) is 6.92 Å². The van der Waals surface area contributed by atoms with Crippen molar-refractivity contribution in [3.63, 3.8) is 0 Å². The highest BCUT2D eigenvalue weighted by atomic mass is 32.2. The molecule has 11 nitrogen and oxygen atoms in total. The van der Waals surface area contributed by atoms with Crippen LogP contribution in [-0.4, -0.2) is 42.6 Å². The number of benzene rings is 1. The minimum Gasteiger partial charge on any atom is -0.419 e. The molecule has 0 amide bonds. The number of hydrogen-bond acceptors (Lipinski definition) is 9. The smallest absolute Gasteiger partial charge is 0.344 e. The number of nitro benzene ring substituents is 1. The van der Waals surface area contributed by atoms with Gasteiger partial charge in [-0.2, -0.15) is 0 Å². The standard InChI is InChI=1S/C17H18N6O5S/c1-10(29-17-21-20-16(24)22(17)9-13-3-2-8-27-13)14-18-19-15(28-14)11-4-6-12(7-5-11)23(25)26/h4-7,10,13H,2-3,8-9H2,1H3,(H,20,24). The highest BCUT2D eigenvalue weighted by Crippen LogP contribution is 2.34. The Bertz CT molecular complexity index is 1050. The second-order valence-corrected chi connectivity index (χ2v) is 7.87. The molecule has 1 aliphatic heterocycles. The van der Waals surface area contributed by atoms with Gasteiger partial charge in [0.1, 0.15) is 0 Å². The predicted molar refractivity (Wildman–Crippen MR) is 102 cm³/mol. The van der Waals surface area contributed by atoms with Gasteiger partial charge in [0, 0.05) is 24.3 Å². The van der Waals surface area contributed by atoms with Gasteiger partial charge in [-0.15, -0.1) is 15.3 Å². The van der Waals surface area contributed by atoms with Crippen molar-refractivity contribution in [1.82, 2.24) is 25.0 Å². The summed E-state index contributed by atoms with van der Waals surface area (Å²) < 4.78 is 12.9. The SMILES string of the molecule is CC(Sc1n[nH]c(=O)n1CC1CCCO1)c1nnc(-c2ccc([N+](=O)[O-])cc2)o1. The molecule has 1 saturated heterocycles. The van der Waals surface area contributed by atoms with Gasteiger partial charge in [-0.1, -0.05) is 11.8 Å². The third kappa shape index (κ3) is 4.22. The second kappa shape index (κ2) is 8.17. The molecule has 3 heterocycles. The average Bonchev–Trinajstić information content (AvgIpc) is 3.46. The Kier molecular flexibility index (Phi) is 5.45. The molecule has 0 aliphatic carbocycles. The molecule has 1 aromatic carbocycles. The van der Waals surface area contributed by atoms with E-state index in [0.29, 0.717) is 29.8 Å². The Hall–Kier alpha value is -2.99. The molecule has 0 radical (unpaired) electrons. The van der Waals surface area contributed by atoms with Gasteiger partial charge in [0.2, 0.25) is 11.8 Å². The lowest BCUT2D eigenvalue weighted by molar-refractivity contribution is -0.384. The van der Waals surface area contributed by atoms with Crippen LogP contribution in [-0.2, 0) is 11.3 Å². The van der Waals surface area contributed by atoms with Crippen LogP contribution in [0.2, 0.25) is 0 Å². The van der Waals surface area contributed by atoms with Crippen LogP contribution < -0.4 is 5.69 Å². The highest BCUT2D eigenvalue weighted by molar-refractivity contribution is 7.99. The molecule has 0 saturated carbocycles. The van der Waals surface area contributed by atoms with Crippen LogP contribution in [0.1, 0.15) is 30.9 Å². The molecule has 29 heavy (non-hydrogen) atoms. The molecule has 152 valence electrons. The fourth-order valence-corrected chi connectivity index (χ4v) is 3.89. The Balaban J connectivity index is 1.48. The number of hydrogen-bond donors (Lipinski definition) is 1. The Morgan fingerprint density at radius 1 is 1.38 bits per heavy atom. The van der Waals surface area contributed by atoms with E-state index >= 15 is 0 Å². The second-order valence-electron chi connectivity index (χ2n) is 6.57. The molecule has 1 fully saturated rings. The highest BCUT2D eigenvalue weighted by Gasteiger charge is 2.23. The molecular formula is C17H18N6O5S. The minimum absolute atomic E-state index is 0.0112. The van der Waals surface area contributed by atoms with Crippen molar-refractivity contribution in [1.29, 1.82) is 0 Å². The normalized spacial score (nSPS) is 17.5. The largest absolute Gasteiger partial charge is 0.419 e. The van der Waals surface area contributed by atoms with Crippen LogP contribution in [0.4, 0.5) is 5.69 Å². The van der Waals surface area contributed by atoms with Gasteiger partial charge in [-0.05, 0) is 31.9 Å². The minimum atomic E-state index is -0.470. The maximum absolute atomic E-state index is 12.1. The van der Waals surface area contributed by atoms with Gasteiger partial charge < -0.3 is 9.15 Å². The number of nitro groups is 1. The fourth-order valence-electron chi connectivity index (χ4n) is 3.00. The maximum atomic E-state index is 12.1. The number of aromatic amines is 1. The predicted octanol–water partition coefficient (Wildman–Crippen LogP) is 2.56. The van der Waals surface area contributed by atoms with Crippen molar-refractivity contribution in [3.8, 4) is 11.5 Å². The molecule has 3 aromatic rings. The van der Waals surface area contributed by atoms with Gasteiger partial charge in [0.25, 0.3) is 5.69 Å². The summed E-state index contributed by atoms with van der Waals surface area (Å²) in [5.41, 5.74) is 0.286. The van der Waals surface area contributed by atoms with Crippen molar-refractivity contribution >= 4 is 17.4 Å². The lowest BCUT2D eigenvalue weighted by Crippen LogP contribution is -2.25. The average molecular weight is 418 g/mol. The molecule has 1 aliphatic rings. The molecular weight excluding hydrogens is 400 g/mol. The molecule has 4 rings (SSSR count). The topological polar surface area (TPSA) is 142 Å². The lowest BCUT2D eigenvalue weighted by atomic mass is 10.2. The monoisotopic (exact) mass is 418 g/mol. The summed E-state index contributed by atoms with van der Waals surface area (Å²) in [7, 11) is 0. The first-order valence-corrected chi connectivity index (χ1v) is 9.91. The first-order valence-electron chi connectivity index (χ1n) is 9.03. The summed E-state index contributed by atoms with van der Waals surface area (Å²) in [4.78, 5) is 22.4. The van der Waals surface area contributed by atoms with Crippen LogP contribution in [0, 0.1) is 10.1 Å². The zero-order valence-corrected chi connectivity index (χ0v) is 16.3. The van der Waals surface area contributed by atoms with Crippen molar-refractivity contribution in [2.45, 2.75) is 42.8 Å². The zero-order chi connectivity index (χ0) is 20.4. The van der Waals surface area contributed by atoms with Crippen LogP contribution >= 0.6 is 11.8 Å². The first-order chi connectivity index (χ1) is 14.0. The number of thioether (sulfide) groups is 1. The molecule has 0 spiro atoms. The Morgan fingerprint density at radius 3 is 2.86 bits per heavy atom. The summed E-state index contributed by atoms with van der Waals surface area (Å²) in [6, 6.07) is 5.87. The lowest BCUT2D eigenvalue weighted by Gasteiger charge is -2.12. The van der Waals surface area contributed by atoms with Crippen molar-refractivity contribution in [3.05, 3.63) is 50.8 Å². The van der Waals surface area contributed by atoms with E-state index in [-0.39, 0.29) is 28.6 Å². The van der Waals surface area contributed by atoms with Crippen molar-refractivity contribution < 1.29 is 14.1 Å². The van der Waals surface area contributed by atoms with E-state index in [9.17, 15) is 14.9 Å². The third-order valence-electron chi connectivity index (χ3n) is 4.53. The summed E-state index contributed by atoms with van der Waals surface area (Å²) in [5, 5.41) is 25.7. The Labute approximate surface area is 168 Å². The first kappa shape index (κ1) is 19.3. The number of aromatic nitrogens is 5. The Morgan fingerprint density at radius 2 is 2.17 bits per heavy atom. The zero-order valence-electron chi connectivity index (χ0n) is 15.5. The van der Waals surface area contributed by atoms with Crippen LogP contribution in [0.5, 0.6) is 0 Å². The maximum Gasteiger partial charge on any atom is 0.344 e. The van der Waals surface area contributed by atoms with E-state index in [0.717, 1.165) is 12.8 Å². The van der Waals surface area contributed by atoms with E-state index in [1.165, 1.54) is 23.9 Å². The van der Waals surface area contributed by atoms with Gasteiger partial charge >= 0.3 is 5.69 Å². The number of nitrogens with one attached hydrogen (secondary N) is 1. The number of non-ortho nitro benzene ring substituents is 1. The molecule has 1 N–H and O–H groups in total. The van der Waals surface area contributed by atoms with Gasteiger partial charge in [-0.3, -0.25) is 14.7 Å². The molecule has 2 atom stereocenters. The van der Waals surface area contributed by atoms with Crippen LogP contribution in [0.25, 0.3) is 11.5 Å². The number of H-pyrrole nitrogens is 1. The van der Waals surface area contributed by atoms with E-state index in [1.54, 1.807) is 16.7 Å². The number of ether oxygens (including phenoxy) is 1. The van der Waals surface area contributed by atoms with E-state index in [4.69, 9.17) is 9.15 Å². The molecule has 12 heteroatoms. The molecule has 0 bridgehead atoms. The van der Waals surface area contributed by atoms with Gasteiger partial charge in [0.05, 0.1) is 22.8 Å². The van der Waals surface area contributed by atoms with Gasteiger partial charge in [0.15, 0.2) is 5.16 Å². The van der Waals surface area contributed by atoms with Crippen LogP contribution in [0.3, 0.4) is 0 Å². The van der Waals surface area contributed by atoms with E-state index in [2.05, 4.69) is 20.4 Å².